The van der Waals surface area contributed by atoms with Gasteiger partial charge in [0, 0.05) is 62.8 Å². The number of hydrogen-bond acceptors (Lipinski definition) is 5. The molecule has 0 aromatic carbocycles. The molecular formula is C17H22N6O. The van der Waals surface area contributed by atoms with Crippen LogP contribution in [0.15, 0.2) is 30.9 Å². The number of fused-ring (bicyclic) bond motifs is 1. The molecule has 4 rings (SSSR count). The molecule has 126 valence electrons. The van der Waals surface area contributed by atoms with E-state index in [2.05, 4.69) is 29.7 Å². The topological polar surface area (TPSA) is 75.9 Å². The van der Waals surface area contributed by atoms with Crippen LogP contribution >= 0.6 is 0 Å². The lowest BCUT2D eigenvalue weighted by Crippen LogP contribution is -2.46. The van der Waals surface area contributed by atoms with Crippen LogP contribution in [-0.4, -0.2) is 44.6 Å². The van der Waals surface area contributed by atoms with Gasteiger partial charge in [-0.25, -0.2) is 15.0 Å². The molecule has 0 radical (unpaired) electrons. The lowest BCUT2D eigenvalue weighted by Gasteiger charge is -2.32. The number of amides is 1. The minimum atomic E-state index is 0.0918. The molecule has 2 aromatic heterocycles. The number of hydrogen-bond donors (Lipinski definition) is 1. The Morgan fingerprint density at radius 2 is 1.88 bits per heavy atom. The minimum absolute atomic E-state index is 0.0918. The number of carbonyl (C=O) groups is 1. The van der Waals surface area contributed by atoms with Crippen molar-refractivity contribution in [3.63, 3.8) is 0 Å². The predicted octanol–water partition coefficient (Wildman–Crippen LogP) is 1.02. The van der Waals surface area contributed by atoms with Crippen molar-refractivity contribution in [1.29, 1.82) is 0 Å². The molecule has 7 nitrogen and oxygen atoms in total. The standard InChI is InChI=1S/C17H22N6O/c24-16(21-14-2-3-15-18-8-11-23(15)12-14)13-4-9-22(10-5-13)17-19-6-1-7-20-17/h1,6-8,11,13-14H,2-5,9-10,12H2,(H,21,24). The second-order valence-corrected chi connectivity index (χ2v) is 6.55. The van der Waals surface area contributed by atoms with Gasteiger partial charge in [0.25, 0.3) is 0 Å². The first-order chi connectivity index (χ1) is 11.8. The normalized spacial score (nSPS) is 21.3. The van der Waals surface area contributed by atoms with Crippen LogP contribution in [0.2, 0.25) is 0 Å². The number of carbonyl (C=O) groups excluding carboxylic acids is 1. The summed E-state index contributed by atoms with van der Waals surface area (Å²) in [5.41, 5.74) is 0. The van der Waals surface area contributed by atoms with Gasteiger partial charge in [-0.3, -0.25) is 4.79 Å². The van der Waals surface area contributed by atoms with Crippen LogP contribution in [-0.2, 0) is 17.8 Å². The van der Waals surface area contributed by atoms with Crippen molar-refractivity contribution in [3.8, 4) is 0 Å². The van der Waals surface area contributed by atoms with Gasteiger partial charge in [-0.15, -0.1) is 0 Å². The van der Waals surface area contributed by atoms with Gasteiger partial charge in [0.05, 0.1) is 0 Å². The van der Waals surface area contributed by atoms with E-state index in [1.54, 1.807) is 12.4 Å². The third kappa shape index (κ3) is 3.11. The number of aryl methyl sites for hydroxylation is 1. The van der Waals surface area contributed by atoms with Crippen LogP contribution in [0.3, 0.4) is 0 Å². The largest absolute Gasteiger partial charge is 0.351 e. The highest BCUT2D eigenvalue weighted by Gasteiger charge is 2.28. The Labute approximate surface area is 141 Å². The van der Waals surface area contributed by atoms with E-state index in [4.69, 9.17) is 0 Å². The number of nitrogens with zero attached hydrogens (tertiary/aromatic N) is 5. The van der Waals surface area contributed by atoms with Crippen molar-refractivity contribution in [3.05, 3.63) is 36.7 Å². The summed E-state index contributed by atoms with van der Waals surface area (Å²) < 4.78 is 2.14. The summed E-state index contributed by atoms with van der Waals surface area (Å²) in [5, 5.41) is 3.24. The number of rotatable bonds is 3. The molecule has 0 aliphatic carbocycles. The van der Waals surface area contributed by atoms with Gasteiger partial charge < -0.3 is 14.8 Å². The summed E-state index contributed by atoms with van der Waals surface area (Å²) in [5.74, 6) is 2.17. The maximum atomic E-state index is 12.6. The fourth-order valence-electron chi connectivity index (χ4n) is 3.60. The Morgan fingerprint density at radius 3 is 2.67 bits per heavy atom. The molecule has 1 unspecified atom stereocenters. The second kappa shape index (κ2) is 6.59. The molecule has 1 atom stereocenters. The molecule has 1 fully saturated rings. The monoisotopic (exact) mass is 326 g/mol. The molecule has 7 heteroatoms. The van der Waals surface area contributed by atoms with E-state index >= 15 is 0 Å². The lowest BCUT2D eigenvalue weighted by molar-refractivity contribution is -0.126. The summed E-state index contributed by atoms with van der Waals surface area (Å²) in [6.07, 6.45) is 11.0. The highest BCUT2D eigenvalue weighted by molar-refractivity contribution is 5.79. The maximum absolute atomic E-state index is 12.6. The molecule has 2 aliphatic heterocycles. The Kier molecular flexibility index (Phi) is 4.15. The first-order valence-corrected chi connectivity index (χ1v) is 8.62. The average Bonchev–Trinajstić information content (AvgIpc) is 3.10. The number of nitrogens with one attached hydrogen (secondary N) is 1. The zero-order valence-corrected chi connectivity index (χ0v) is 13.6. The first-order valence-electron chi connectivity index (χ1n) is 8.62. The van der Waals surface area contributed by atoms with Crippen LogP contribution in [0.25, 0.3) is 0 Å². The molecule has 4 heterocycles. The van der Waals surface area contributed by atoms with Crippen LogP contribution in [0.5, 0.6) is 0 Å². The molecule has 0 saturated carbocycles. The quantitative estimate of drug-likeness (QED) is 0.911. The van der Waals surface area contributed by atoms with Gasteiger partial charge in [0.1, 0.15) is 5.82 Å². The van der Waals surface area contributed by atoms with Crippen molar-refractivity contribution in [2.45, 2.75) is 38.3 Å². The van der Waals surface area contributed by atoms with Gasteiger partial charge in [-0.1, -0.05) is 0 Å². The van der Waals surface area contributed by atoms with E-state index in [-0.39, 0.29) is 17.9 Å². The molecular weight excluding hydrogens is 304 g/mol. The SMILES string of the molecule is O=C(NC1CCc2nccn2C1)C1CCN(c2ncccn2)CC1. The molecule has 1 saturated heterocycles. The Balaban J connectivity index is 1.29. The first kappa shape index (κ1) is 15.1. The fourth-order valence-corrected chi connectivity index (χ4v) is 3.60. The zero-order valence-electron chi connectivity index (χ0n) is 13.6. The highest BCUT2D eigenvalue weighted by Crippen LogP contribution is 2.21. The number of imidazole rings is 1. The number of aromatic nitrogens is 4. The van der Waals surface area contributed by atoms with E-state index in [1.165, 1.54) is 0 Å². The Bertz CT molecular complexity index is 692. The second-order valence-electron chi connectivity index (χ2n) is 6.55. The molecule has 2 aromatic rings. The van der Waals surface area contributed by atoms with Crippen LogP contribution < -0.4 is 10.2 Å². The van der Waals surface area contributed by atoms with Gasteiger partial charge in [0.15, 0.2) is 0 Å². The summed E-state index contributed by atoms with van der Waals surface area (Å²) in [6.45, 7) is 2.49. The van der Waals surface area contributed by atoms with Gasteiger partial charge >= 0.3 is 0 Å². The fraction of sp³-hybridized carbons (Fsp3) is 0.529. The average molecular weight is 326 g/mol. The van der Waals surface area contributed by atoms with E-state index in [0.717, 1.165) is 57.1 Å². The van der Waals surface area contributed by atoms with Crippen molar-refractivity contribution < 1.29 is 4.79 Å². The Hall–Kier alpha value is -2.44. The summed E-state index contributed by atoms with van der Waals surface area (Å²) in [7, 11) is 0. The lowest BCUT2D eigenvalue weighted by atomic mass is 9.95. The predicted molar refractivity (Wildman–Crippen MR) is 89.4 cm³/mol. The van der Waals surface area contributed by atoms with Crippen molar-refractivity contribution >= 4 is 11.9 Å². The van der Waals surface area contributed by atoms with E-state index < -0.39 is 0 Å². The summed E-state index contributed by atoms with van der Waals surface area (Å²) >= 11 is 0. The highest BCUT2D eigenvalue weighted by atomic mass is 16.2. The molecule has 0 spiro atoms. The number of anilines is 1. The van der Waals surface area contributed by atoms with Crippen LogP contribution in [0.4, 0.5) is 5.95 Å². The molecule has 2 aliphatic rings. The van der Waals surface area contributed by atoms with Gasteiger partial charge in [-0.05, 0) is 25.3 Å². The van der Waals surface area contributed by atoms with Gasteiger partial charge in [-0.2, -0.15) is 0 Å². The Morgan fingerprint density at radius 1 is 1.08 bits per heavy atom. The molecule has 1 amide bonds. The molecule has 1 N–H and O–H groups in total. The minimum Gasteiger partial charge on any atom is -0.351 e. The molecule has 0 bridgehead atoms. The third-order valence-corrected chi connectivity index (χ3v) is 4.98. The number of piperidine rings is 1. The smallest absolute Gasteiger partial charge is 0.225 e. The van der Waals surface area contributed by atoms with Crippen LogP contribution in [0.1, 0.15) is 25.1 Å². The maximum Gasteiger partial charge on any atom is 0.225 e. The third-order valence-electron chi connectivity index (χ3n) is 4.98. The summed E-state index contributed by atoms with van der Waals surface area (Å²) in [6, 6.07) is 2.04. The van der Waals surface area contributed by atoms with Crippen molar-refractivity contribution in [1.82, 2.24) is 24.8 Å². The van der Waals surface area contributed by atoms with Crippen LogP contribution in [0, 0.1) is 5.92 Å². The van der Waals surface area contributed by atoms with Crippen molar-refractivity contribution in [2.75, 3.05) is 18.0 Å². The zero-order chi connectivity index (χ0) is 16.4. The van der Waals surface area contributed by atoms with E-state index in [1.807, 2.05) is 18.5 Å². The van der Waals surface area contributed by atoms with E-state index in [9.17, 15) is 4.79 Å². The van der Waals surface area contributed by atoms with E-state index in [0.29, 0.717) is 0 Å². The van der Waals surface area contributed by atoms with Gasteiger partial charge in [0.2, 0.25) is 11.9 Å². The molecule has 24 heavy (non-hydrogen) atoms. The van der Waals surface area contributed by atoms with Crippen molar-refractivity contribution in [2.24, 2.45) is 5.92 Å². The summed E-state index contributed by atoms with van der Waals surface area (Å²) in [4.78, 5) is 27.6.